The third-order valence-electron chi connectivity index (χ3n) is 4.21. The number of carboxylic acids is 1. The summed E-state index contributed by atoms with van der Waals surface area (Å²) in [5.74, 6) is -0.272. The van der Waals surface area contributed by atoms with Crippen LogP contribution in [0.1, 0.15) is 18.1 Å². The summed E-state index contributed by atoms with van der Waals surface area (Å²) in [5.41, 5.74) is 0. The van der Waals surface area contributed by atoms with Crippen molar-refractivity contribution in [1.29, 1.82) is 0 Å². The lowest BCUT2D eigenvalue weighted by Crippen LogP contribution is -2.48. The molecule has 3 rings (SSSR count). The zero-order chi connectivity index (χ0) is 15.9. The van der Waals surface area contributed by atoms with Gasteiger partial charge in [0.1, 0.15) is 11.6 Å². The van der Waals surface area contributed by atoms with Crippen LogP contribution in [-0.4, -0.2) is 62.4 Å². The Balaban J connectivity index is 1.59. The van der Waals surface area contributed by atoms with E-state index in [2.05, 4.69) is 10.1 Å². The van der Waals surface area contributed by atoms with Crippen LogP contribution in [0.4, 0.5) is 0 Å². The van der Waals surface area contributed by atoms with Crippen molar-refractivity contribution < 1.29 is 19.4 Å². The molecule has 3 atom stereocenters. The molecular formula is C14H20N4O4. The van der Waals surface area contributed by atoms with E-state index < -0.39 is 11.9 Å². The number of aliphatic carboxylic acids is 1. The molecule has 1 amide bonds. The number of ether oxygens (including phenoxy) is 1. The molecule has 8 heteroatoms. The molecule has 22 heavy (non-hydrogen) atoms. The van der Waals surface area contributed by atoms with Crippen molar-refractivity contribution in [1.82, 2.24) is 19.7 Å². The third-order valence-corrected chi connectivity index (χ3v) is 4.21. The first-order valence-corrected chi connectivity index (χ1v) is 7.47. The number of amides is 1. The Hall–Kier alpha value is -1.96. The molecule has 2 aliphatic rings. The maximum absolute atomic E-state index is 12.3. The number of nitrogens with zero attached hydrogens (tertiary/aromatic N) is 4. The lowest BCUT2D eigenvalue weighted by molar-refractivity contribution is -0.145. The molecular weight excluding hydrogens is 288 g/mol. The fourth-order valence-corrected chi connectivity index (χ4v) is 2.93. The normalized spacial score (nSPS) is 27.7. The van der Waals surface area contributed by atoms with Crippen molar-refractivity contribution >= 4 is 11.9 Å². The van der Waals surface area contributed by atoms with E-state index in [-0.39, 0.29) is 17.9 Å². The molecule has 0 radical (unpaired) electrons. The van der Waals surface area contributed by atoms with Gasteiger partial charge in [-0.3, -0.25) is 9.59 Å². The van der Waals surface area contributed by atoms with Crippen molar-refractivity contribution in [2.45, 2.75) is 32.9 Å². The number of carboxylic acid groups (broad SMARTS) is 1. The van der Waals surface area contributed by atoms with E-state index in [1.165, 1.54) is 0 Å². The van der Waals surface area contributed by atoms with E-state index in [4.69, 9.17) is 9.84 Å². The van der Waals surface area contributed by atoms with Gasteiger partial charge in [0.2, 0.25) is 5.91 Å². The Morgan fingerprint density at radius 2 is 2.14 bits per heavy atom. The van der Waals surface area contributed by atoms with Gasteiger partial charge in [-0.15, -0.1) is 0 Å². The summed E-state index contributed by atoms with van der Waals surface area (Å²) in [7, 11) is 0. The maximum atomic E-state index is 12.3. The standard InChI is InChI=1S/C14H20N4O4/c1-8-15-9(2)18(16-8)7-10-6-17(3-4-22-10)13(19)11-5-12(11)14(20)21/h10-12H,3-7H2,1-2H3,(H,20,21). The van der Waals surface area contributed by atoms with Crippen molar-refractivity contribution in [2.24, 2.45) is 11.8 Å². The zero-order valence-electron chi connectivity index (χ0n) is 12.7. The largest absolute Gasteiger partial charge is 0.481 e. The highest BCUT2D eigenvalue weighted by molar-refractivity contribution is 5.89. The number of hydrogen-bond acceptors (Lipinski definition) is 5. The Kier molecular flexibility index (Phi) is 3.86. The Morgan fingerprint density at radius 3 is 2.73 bits per heavy atom. The number of hydrogen-bond donors (Lipinski definition) is 1. The maximum Gasteiger partial charge on any atom is 0.307 e. The third kappa shape index (κ3) is 2.96. The summed E-state index contributed by atoms with van der Waals surface area (Å²) in [4.78, 5) is 29.2. The van der Waals surface area contributed by atoms with Gasteiger partial charge >= 0.3 is 5.97 Å². The molecule has 1 saturated heterocycles. The first kappa shape index (κ1) is 15.0. The minimum absolute atomic E-state index is 0.0628. The Labute approximate surface area is 128 Å². The highest BCUT2D eigenvalue weighted by atomic mass is 16.5. The monoisotopic (exact) mass is 308 g/mol. The molecule has 0 spiro atoms. The van der Waals surface area contributed by atoms with Gasteiger partial charge in [0, 0.05) is 13.1 Å². The number of morpholine rings is 1. The number of rotatable bonds is 4. The quantitative estimate of drug-likeness (QED) is 0.830. The van der Waals surface area contributed by atoms with E-state index in [1.807, 2.05) is 13.8 Å². The highest BCUT2D eigenvalue weighted by Gasteiger charge is 2.50. The van der Waals surface area contributed by atoms with Crippen LogP contribution in [0, 0.1) is 25.7 Å². The topological polar surface area (TPSA) is 97.6 Å². The van der Waals surface area contributed by atoms with Crippen LogP contribution in [0.25, 0.3) is 0 Å². The molecule has 1 N–H and O–H groups in total. The first-order chi connectivity index (χ1) is 10.5. The lowest BCUT2D eigenvalue weighted by atomic mass is 10.2. The molecule has 1 saturated carbocycles. The lowest BCUT2D eigenvalue weighted by Gasteiger charge is -2.33. The summed E-state index contributed by atoms with van der Waals surface area (Å²) in [6.07, 6.45) is 0.317. The average Bonchev–Trinajstić information content (AvgIpc) is 3.20. The predicted octanol–water partition coefficient (Wildman–Crippen LogP) is -0.157. The molecule has 1 aliphatic carbocycles. The molecule has 2 fully saturated rings. The number of carbonyl (C=O) groups excluding carboxylic acids is 1. The first-order valence-electron chi connectivity index (χ1n) is 7.47. The summed E-state index contributed by atoms with van der Waals surface area (Å²) in [6.45, 7) is 5.72. The second kappa shape index (κ2) is 5.68. The Bertz CT molecular complexity index is 600. The predicted molar refractivity (Wildman–Crippen MR) is 75.0 cm³/mol. The fourth-order valence-electron chi connectivity index (χ4n) is 2.93. The summed E-state index contributed by atoms with van der Waals surface area (Å²) >= 11 is 0. The van der Waals surface area contributed by atoms with Crippen molar-refractivity contribution in [2.75, 3.05) is 19.7 Å². The molecule has 3 unspecified atom stereocenters. The van der Waals surface area contributed by atoms with Crippen LogP contribution in [0.15, 0.2) is 0 Å². The molecule has 8 nitrogen and oxygen atoms in total. The highest BCUT2D eigenvalue weighted by Crippen LogP contribution is 2.40. The van der Waals surface area contributed by atoms with E-state index in [9.17, 15) is 9.59 Å². The average molecular weight is 308 g/mol. The molecule has 1 aromatic rings. The number of carbonyl (C=O) groups is 2. The van der Waals surface area contributed by atoms with Crippen LogP contribution in [0.5, 0.6) is 0 Å². The van der Waals surface area contributed by atoms with Gasteiger partial charge in [-0.25, -0.2) is 9.67 Å². The van der Waals surface area contributed by atoms with Crippen LogP contribution >= 0.6 is 0 Å². The van der Waals surface area contributed by atoms with Crippen LogP contribution in [0.2, 0.25) is 0 Å². The van der Waals surface area contributed by atoms with Gasteiger partial charge in [0.05, 0.1) is 31.1 Å². The van der Waals surface area contributed by atoms with Crippen LogP contribution in [-0.2, 0) is 20.9 Å². The minimum atomic E-state index is -0.878. The Morgan fingerprint density at radius 1 is 1.36 bits per heavy atom. The van der Waals surface area contributed by atoms with Crippen LogP contribution in [0.3, 0.4) is 0 Å². The van der Waals surface area contributed by atoms with Crippen molar-refractivity contribution in [3.05, 3.63) is 11.6 Å². The SMILES string of the molecule is Cc1nc(C)n(CC2CN(C(=O)C3CC3C(=O)O)CCO2)n1. The molecule has 1 aliphatic heterocycles. The smallest absolute Gasteiger partial charge is 0.307 e. The van der Waals surface area contributed by atoms with Gasteiger partial charge in [0.15, 0.2) is 0 Å². The van der Waals surface area contributed by atoms with Gasteiger partial charge in [-0.1, -0.05) is 0 Å². The van der Waals surface area contributed by atoms with E-state index in [0.29, 0.717) is 38.5 Å². The number of aromatic nitrogens is 3. The molecule has 0 aromatic carbocycles. The van der Waals surface area contributed by atoms with E-state index in [1.54, 1.807) is 9.58 Å². The molecule has 1 aromatic heterocycles. The van der Waals surface area contributed by atoms with Gasteiger partial charge in [0.25, 0.3) is 0 Å². The zero-order valence-corrected chi connectivity index (χ0v) is 12.7. The van der Waals surface area contributed by atoms with Crippen molar-refractivity contribution in [3.63, 3.8) is 0 Å². The van der Waals surface area contributed by atoms with Gasteiger partial charge < -0.3 is 14.7 Å². The second-order valence-corrected chi connectivity index (χ2v) is 5.95. The summed E-state index contributed by atoms with van der Waals surface area (Å²) < 4.78 is 7.49. The van der Waals surface area contributed by atoms with Gasteiger partial charge in [-0.05, 0) is 20.3 Å². The number of aryl methyl sites for hydroxylation is 2. The van der Waals surface area contributed by atoms with E-state index in [0.717, 1.165) is 5.82 Å². The second-order valence-electron chi connectivity index (χ2n) is 5.95. The summed E-state index contributed by atoms with van der Waals surface area (Å²) in [5, 5.41) is 13.2. The minimum Gasteiger partial charge on any atom is -0.481 e. The van der Waals surface area contributed by atoms with Crippen LogP contribution < -0.4 is 0 Å². The van der Waals surface area contributed by atoms with E-state index >= 15 is 0 Å². The molecule has 0 bridgehead atoms. The molecule has 2 heterocycles. The molecule has 120 valence electrons. The van der Waals surface area contributed by atoms with Crippen molar-refractivity contribution in [3.8, 4) is 0 Å². The van der Waals surface area contributed by atoms with Gasteiger partial charge in [-0.2, -0.15) is 5.10 Å². The summed E-state index contributed by atoms with van der Waals surface area (Å²) in [6, 6.07) is 0. The fraction of sp³-hybridized carbons (Fsp3) is 0.714.